The first kappa shape index (κ1) is 14.1. The van der Waals surface area contributed by atoms with Crippen LogP contribution in [0.1, 0.15) is 32.8 Å². The van der Waals surface area contributed by atoms with Gasteiger partial charge in [-0.1, -0.05) is 0 Å². The van der Waals surface area contributed by atoms with Gasteiger partial charge in [-0.25, -0.2) is 4.39 Å². The Balaban J connectivity index is 2.07. The monoisotopic (exact) mass is 262 g/mol. The first-order chi connectivity index (χ1) is 8.87. The molecule has 0 aliphatic heterocycles. The summed E-state index contributed by atoms with van der Waals surface area (Å²) in [5.41, 5.74) is 2.48. The molecule has 2 nitrogen and oxygen atoms in total. The number of nitrogens with one attached hydrogen (secondary N) is 1. The summed E-state index contributed by atoms with van der Waals surface area (Å²) in [6.07, 6.45) is 4.15. The maximum atomic E-state index is 13.3. The number of hydrogen-bond donors (Lipinski definition) is 1. The lowest BCUT2D eigenvalue weighted by atomic mass is 10.1. The number of rotatable bonds is 4. The smallest absolute Gasteiger partial charge is 0.123 e. The first-order valence-corrected chi connectivity index (χ1v) is 6.85. The van der Waals surface area contributed by atoms with Gasteiger partial charge in [0.25, 0.3) is 0 Å². The van der Waals surface area contributed by atoms with Crippen molar-refractivity contribution >= 4 is 10.9 Å². The van der Waals surface area contributed by atoms with Crippen LogP contribution >= 0.6 is 0 Å². The molecule has 0 saturated carbocycles. The number of benzene rings is 1. The third kappa shape index (κ3) is 3.57. The van der Waals surface area contributed by atoms with Gasteiger partial charge >= 0.3 is 0 Å². The average molecular weight is 262 g/mol. The molecule has 0 fully saturated rings. The van der Waals surface area contributed by atoms with E-state index in [1.807, 2.05) is 13.1 Å². The Morgan fingerprint density at radius 3 is 2.68 bits per heavy atom. The van der Waals surface area contributed by atoms with E-state index in [2.05, 4.69) is 36.9 Å². The highest BCUT2D eigenvalue weighted by atomic mass is 19.1. The molecule has 0 aliphatic carbocycles. The van der Waals surface area contributed by atoms with E-state index in [1.54, 1.807) is 6.07 Å². The van der Waals surface area contributed by atoms with E-state index in [1.165, 1.54) is 11.6 Å². The van der Waals surface area contributed by atoms with Crippen LogP contribution in [0.2, 0.25) is 0 Å². The summed E-state index contributed by atoms with van der Waals surface area (Å²) in [6, 6.07) is 5.01. The zero-order chi connectivity index (χ0) is 14.0. The summed E-state index contributed by atoms with van der Waals surface area (Å²) in [4.78, 5) is 0. The molecule has 3 heteroatoms. The third-order valence-corrected chi connectivity index (χ3v) is 3.31. The minimum Gasteiger partial charge on any atom is -0.350 e. The Labute approximate surface area is 114 Å². The van der Waals surface area contributed by atoms with Gasteiger partial charge < -0.3 is 9.88 Å². The lowest BCUT2D eigenvalue weighted by molar-refractivity contribution is 0.422. The van der Waals surface area contributed by atoms with Crippen molar-refractivity contribution < 1.29 is 4.39 Å². The van der Waals surface area contributed by atoms with Crippen molar-refractivity contribution in [2.45, 2.75) is 39.2 Å². The summed E-state index contributed by atoms with van der Waals surface area (Å²) < 4.78 is 15.4. The lowest BCUT2D eigenvalue weighted by Gasteiger charge is -2.20. The molecule has 0 saturated heterocycles. The molecule has 0 atom stereocenters. The third-order valence-electron chi connectivity index (χ3n) is 3.31. The highest BCUT2D eigenvalue weighted by Gasteiger charge is 2.10. The van der Waals surface area contributed by atoms with Crippen LogP contribution in [0.3, 0.4) is 0 Å². The van der Waals surface area contributed by atoms with Crippen molar-refractivity contribution in [3.63, 3.8) is 0 Å². The molecule has 0 amide bonds. The largest absolute Gasteiger partial charge is 0.350 e. The number of aryl methyl sites for hydroxylation is 2. The highest BCUT2D eigenvalue weighted by molar-refractivity contribution is 5.84. The molecule has 0 unspecified atom stereocenters. The normalized spacial score (nSPS) is 12.3. The SMILES string of the molecule is Cn1cc(CCCNC(C)(C)C)c2cc(F)ccc21. The summed E-state index contributed by atoms with van der Waals surface area (Å²) in [7, 11) is 2.01. The van der Waals surface area contributed by atoms with Gasteiger partial charge in [0, 0.05) is 29.7 Å². The van der Waals surface area contributed by atoms with E-state index >= 15 is 0 Å². The summed E-state index contributed by atoms with van der Waals surface area (Å²) in [5.74, 6) is -0.159. The van der Waals surface area contributed by atoms with Crippen LogP contribution in [0.5, 0.6) is 0 Å². The van der Waals surface area contributed by atoms with Gasteiger partial charge in [-0.3, -0.25) is 0 Å². The maximum Gasteiger partial charge on any atom is 0.123 e. The second kappa shape index (κ2) is 5.33. The van der Waals surface area contributed by atoms with Crippen LogP contribution in [0.25, 0.3) is 10.9 Å². The molecule has 2 aromatic rings. The average Bonchev–Trinajstić information content (AvgIpc) is 2.60. The van der Waals surface area contributed by atoms with Crippen molar-refractivity contribution in [3.05, 3.63) is 35.8 Å². The van der Waals surface area contributed by atoms with Crippen LogP contribution in [0.4, 0.5) is 4.39 Å². The molecule has 1 N–H and O–H groups in total. The zero-order valence-corrected chi connectivity index (χ0v) is 12.3. The Morgan fingerprint density at radius 2 is 2.00 bits per heavy atom. The number of fused-ring (bicyclic) bond motifs is 1. The van der Waals surface area contributed by atoms with Crippen LogP contribution in [0, 0.1) is 5.82 Å². The van der Waals surface area contributed by atoms with Crippen LogP contribution in [-0.2, 0) is 13.5 Å². The van der Waals surface area contributed by atoms with Gasteiger partial charge in [0.05, 0.1) is 0 Å². The summed E-state index contributed by atoms with van der Waals surface area (Å²) in [6.45, 7) is 7.48. The molecule has 1 aromatic heterocycles. The molecular formula is C16H23FN2. The molecule has 104 valence electrons. The van der Waals surface area contributed by atoms with Gasteiger partial charge in [0.1, 0.15) is 5.82 Å². The van der Waals surface area contributed by atoms with Gasteiger partial charge in [-0.05, 0) is 63.9 Å². The van der Waals surface area contributed by atoms with Gasteiger partial charge in [-0.15, -0.1) is 0 Å². The Hall–Kier alpha value is -1.35. The lowest BCUT2D eigenvalue weighted by Crippen LogP contribution is -2.36. The van der Waals surface area contributed by atoms with E-state index in [9.17, 15) is 4.39 Å². The zero-order valence-electron chi connectivity index (χ0n) is 12.3. The van der Waals surface area contributed by atoms with E-state index in [0.717, 1.165) is 30.3 Å². The Bertz CT molecular complexity index is 564. The Morgan fingerprint density at radius 1 is 1.26 bits per heavy atom. The maximum absolute atomic E-state index is 13.3. The molecule has 1 heterocycles. The number of nitrogens with zero attached hydrogens (tertiary/aromatic N) is 1. The van der Waals surface area contributed by atoms with Crippen molar-refractivity contribution in [1.82, 2.24) is 9.88 Å². The summed E-state index contributed by atoms with van der Waals surface area (Å²) in [5, 5.41) is 4.52. The number of hydrogen-bond acceptors (Lipinski definition) is 1. The fourth-order valence-electron chi connectivity index (χ4n) is 2.39. The fourth-order valence-corrected chi connectivity index (χ4v) is 2.39. The molecular weight excluding hydrogens is 239 g/mol. The summed E-state index contributed by atoms with van der Waals surface area (Å²) >= 11 is 0. The predicted octanol–water partition coefficient (Wildman–Crippen LogP) is 3.64. The molecule has 2 rings (SSSR count). The van der Waals surface area contributed by atoms with Gasteiger partial charge in [0.15, 0.2) is 0 Å². The van der Waals surface area contributed by atoms with Crippen molar-refractivity contribution in [1.29, 1.82) is 0 Å². The molecule has 0 spiro atoms. The van der Waals surface area contributed by atoms with Gasteiger partial charge in [0.2, 0.25) is 0 Å². The highest BCUT2D eigenvalue weighted by Crippen LogP contribution is 2.22. The molecule has 0 aliphatic rings. The first-order valence-electron chi connectivity index (χ1n) is 6.85. The molecule has 19 heavy (non-hydrogen) atoms. The van der Waals surface area contributed by atoms with Gasteiger partial charge in [-0.2, -0.15) is 0 Å². The van der Waals surface area contributed by atoms with E-state index in [-0.39, 0.29) is 11.4 Å². The molecule has 1 aromatic carbocycles. The second-order valence-electron chi connectivity index (χ2n) is 6.21. The van der Waals surface area contributed by atoms with E-state index in [0.29, 0.717) is 0 Å². The molecule has 0 bridgehead atoms. The number of halogens is 1. The van der Waals surface area contributed by atoms with Crippen molar-refractivity contribution in [2.75, 3.05) is 6.54 Å². The van der Waals surface area contributed by atoms with Crippen molar-refractivity contribution in [2.24, 2.45) is 7.05 Å². The van der Waals surface area contributed by atoms with Crippen molar-refractivity contribution in [3.8, 4) is 0 Å². The minimum atomic E-state index is -0.159. The Kier molecular flexibility index (Phi) is 3.95. The second-order valence-corrected chi connectivity index (χ2v) is 6.21. The van der Waals surface area contributed by atoms with E-state index < -0.39 is 0 Å². The van der Waals surface area contributed by atoms with E-state index in [4.69, 9.17) is 0 Å². The quantitative estimate of drug-likeness (QED) is 0.832. The van der Waals surface area contributed by atoms with Crippen LogP contribution < -0.4 is 5.32 Å². The topological polar surface area (TPSA) is 17.0 Å². The predicted molar refractivity (Wildman–Crippen MR) is 79.0 cm³/mol. The molecule has 0 radical (unpaired) electrons. The van der Waals surface area contributed by atoms with Crippen LogP contribution in [0.15, 0.2) is 24.4 Å². The van der Waals surface area contributed by atoms with Crippen LogP contribution in [-0.4, -0.2) is 16.7 Å². The fraction of sp³-hybridized carbons (Fsp3) is 0.500. The number of aromatic nitrogens is 1. The minimum absolute atomic E-state index is 0.158. The standard InChI is InChI=1S/C16H23FN2/c1-16(2,3)18-9-5-6-12-11-19(4)15-8-7-13(17)10-14(12)15/h7-8,10-11,18H,5-6,9H2,1-4H3.